The highest BCUT2D eigenvalue weighted by molar-refractivity contribution is 6.31. The number of carbonyl (C=O) groups is 2. The first-order chi connectivity index (χ1) is 12.0. The number of anilines is 1. The number of rotatable bonds is 2. The van der Waals surface area contributed by atoms with Gasteiger partial charge < -0.3 is 5.73 Å². The Hall–Kier alpha value is -3.19. The highest BCUT2D eigenvalue weighted by atomic mass is 35.5. The van der Waals surface area contributed by atoms with Crippen LogP contribution in [0.5, 0.6) is 0 Å². The van der Waals surface area contributed by atoms with Crippen LogP contribution in [0.2, 0.25) is 5.02 Å². The number of nitrogen functional groups attached to an aromatic ring is 1. The van der Waals surface area contributed by atoms with Crippen molar-refractivity contribution in [1.29, 1.82) is 0 Å². The van der Waals surface area contributed by atoms with Crippen LogP contribution < -0.4 is 16.6 Å². The maximum Gasteiger partial charge on any atom is 0.273 e. The van der Waals surface area contributed by atoms with E-state index in [1.807, 2.05) is 0 Å². The lowest BCUT2D eigenvalue weighted by atomic mass is 10.1. The van der Waals surface area contributed by atoms with Crippen LogP contribution in [0.15, 0.2) is 48.7 Å². The lowest BCUT2D eigenvalue weighted by Crippen LogP contribution is -2.42. The molecular formula is C17H12ClFN4O2. The molecule has 0 saturated carbocycles. The van der Waals surface area contributed by atoms with E-state index < -0.39 is 17.6 Å². The number of carbonyl (C=O) groups excluding carboxylic acids is 2. The molecule has 2 aromatic carbocycles. The number of amides is 2. The van der Waals surface area contributed by atoms with Crippen LogP contribution in [0.4, 0.5) is 10.1 Å². The number of hydrogen-bond donors (Lipinski definition) is 3. The summed E-state index contributed by atoms with van der Waals surface area (Å²) in [5.74, 6) is -2.17. The average molecular weight is 359 g/mol. The third-order valence-corrected chi connectivity index (χ3v) is 3.76. The van der Waals surface area contributed by atoms with Gasteiger partial charge in [-0.3, -0.25) is 25.4 Å². The number of halogens is 2. The fraction of sp³-hybridized carbons (Fsp3) is 0. The van der Waals surface area contributed by atoms with Crippen molar-refractivity contribution in [3.63, 3.8) is 0 Å². The molecule has 6 nitrogen and oxygen atoms in total. The van der Waals surface area contributed by atoms with E-state index in [2.05, 4.69) is 15.8 Å². The predicted octanol–water partition coefficient (Wildman–Crippen LogP) is 2.68. The third kappa shape index (κ3) is 3.36. The summed E-state index contributed by atoms with van der Waals surface area (Å²) in [7, 11) is 0. The third-order valence-electron chi connectivity index (χ3n) is 3.52. The Morgan fingerprint density at radius 3 is 2.44 bits per heavy atom. The highest BCUT2D eigenvalue weighted by Gasteiger charge is 2.16. The minimum Gasteiger partial charge on any atom is -0.397 e. The molecule has 3 rings (SSSR count). The van der Waals surface area contributed by atoms with Gasteiger partial charge in [-0.15, -0.1) is 0 Å². The maximum absolute atomic E-state index is 13.5. The SMILES string of the molecule is Nc1c(C(=O)NNC(=O)c2ccccc2F)cnc2ccc(Cl)cc12. The van der Waals surface area contributed by atoms with E-state index in [9.17, 15) is 14.0 Å². The molecule has 1 heterocycles. The van der Waals surface area contributed by atoms with Crippen molar-refractivity contribution in [2.75, 3.05) is 5.73 Å². The first-order valence-corrected chi connectivity index (χ1v) is 7.54. The molecule has 25 heavy (non-hydrogen) atoms. The Morgan fingerprint density at radius 1 is 1.04 bits per heavy atom. The summed E-state index contributed by atoms with van der Waals surface area (Å²) < 4.78 is 13.5. The standard InChI is InChI=1S/C17H12ClFN4O2/c18-9-5-6-14-11(7-9)15(20)12(8-21-14)17(25)23-22-16(24)10-3-1-2-4-13(10)19/h1-8H,(H2,20,21)(H,22,24)(H,23,25). The molecule has 8 heteroatoms. The number of aromatic nitrogens is 1. The Morgan fingerprint density at radius 2 is 1.72 bits per heavy atom. The van der Waals surface area contributed by atoms with Crippen LogP contribution in [0.1, 0.15) is 20.7 Å². The Labute approximate surface area is 146 Å². The second kappa shape index (κ2) is 6.74. The predicted molar refractivity (Wildman–Crippen MR) is 92.5 cm³/mol. The monoisotopic (exact) mass is 358 g/mol. The minimum atomic E-state index is -0.790. The molecule has 0 fully saturated rings. The van der Waals surface area contributed by atoms with E-state index in [1.165, 1.54) is 24.4 Å². The van der Waals surface area contributed by atoms with E-state index >= 15 is 0 Å². The summed E-state index contributed by atoms with van der Waals surface area (Å²) in [6, 6.07) is 10.3. The number of nitrogens with two attached hydrogens (primary N) is 1. The number of hydrogen-bond acceptors (Lipinski definition) is 4. The quantitative estimate of drug-likeness (QED) is 0.613. The normalized spacial score (nSPS) is 10.5. The average Bonchev–Trinajstić information content (AvgIpc) is 2.60. The Kier molecular flexibility index (Phi) is 4.49. The summed E-state index contributed by atoms with van der Waals surface area (Å²) in [6.45, 7) is 0. The van der Waals surface area contributed by atoms with Gasteiger partial charge in [-0.2, -0.15) is 0 Å². The number of nitrogens with one attached hydrogen (secondary N) is 2. The molecule has 2 amide bonds. The summed E-state index contributed by atoms with van der Waals surface area (Å²) in [5, 5.41) is 0.965. The van der Waals surface area contributed by atoms with Gasteiger partial charge in [0.05, 0.1) is 22.3 Å². The van der Waals surface area contributed by atoms with E-state index in [-0.39, 0.29) is 16.8 Å². The summed E-state index contributed by atoms with van der Waals surface area (Å²) in [5.41, 5.74) is 10.9. The van der Waals surface area contributed by atoms with Gasteiger partial charge in [-0.25, -0.2) is 4.39 Å². The van der Waals surface area contributed by atoms with E-state index in [4.69, 9.17) is 17.3 Å². The molecule has 3 aromatic rings. The van der Waals surface area contributed by atoms with Crippen LogP contribution in [0, 0.1) is 5.82 Å². The van der Waals surface area contributed by atoms with Crippen molar-refractivity contribution >= 4 is 40.0 Å². The minimum absolute atomic E-state index is 0.0589. The zero-order valence-corrected chi connectivity index (χ0v) is 13.5. The second-order valence-corrected chi connectivity index (χ2v) is 5.57. The molecule has 0 atom stereocenters. The highest BCUT2D eigenvalue weighted by Crippen LogP contribution is 2.25. The number of hydrazine groups is 1. The molecule has 0 bridgehead atoms. The topological polar surface area (TPSA) is 97.1 Å². The van der Waals surface area contributed by atoms with Crippen molar-refractivity contribution in [2.24, 2.45) is 0 Å². The van der Waals surface area contributed by atoms with Crippen molar-refractivity contribution in [2.45, 2.75) is 0 Å². The van der Waals surface area contributed by atoms with Crippen LogP contribution in [0.25, 0.3) is 10.9 Å². The number of fused-ring (bicyclic) bond motifs is 1. The molecule has 0 saturated heterocycles. The molecule has 0 unspecified atom stereocenters. The molecule has 0 spiro atoms. The number of pyridine rings is 1. The molecule has 0 radical (unpaired) electrons. The van der Waals surface area contributed by atoms with Gasteiger partial charge >= 0.3 is 0 Å². The summed E-state index contributed by atoms with van der Waals surface area (Å²) in [6.07, 6.45) is 1.29. The fourth-order valence-electron chi connectivity index (χ4n) is 2.26. The number of nitrogens with zero attached hydrogens (tertiary/aromatic N) is 1. The van der Waals surface area contributed by atoms with Gasteiger partial charge in [-0.05, 0) is 30.3 Å². The van der Waals surface area contributed by atoms with E-state index in [1.54, 1.807) is 18.2 Å². The molecular weight excluding hydrogens is 347 g/mol. The molecule has 1 aromatic heterocycles. The van der Waals surface area contributed by atoms with Crippen LogP contribution >= 0.6 is 11.6 Å². The van der Waals surface area contributed by atoms with Crippen molar-refractivity contribution in [1.82, 2.24) is 15.8 Å². The lowest BCUT2D eigenvalue weighted by Gasteiger charge is -2.11. The zero-order valence-electron chi connectivity index (χ0n) is 12.7. The fourth-order valence-corrected chi connectivity index (χ4v) is 2.43. The Bertz CT molecular complexity index is 994. The first kappa shape index (κ1) is 16.7. The van der Waals surface area contributed by atoms with Gasteiger partial charge in [0.15, 0.2) is 0 Å². The number of benzene rings is 2. The summed E-state index contributed by atoms with van der Waals surface area (Å²) in [4.78, 5) is 28.3. The van der Waals surface area contributed by atoms with E-state index in [0.29, 0.717) is 15.9 Å². The molecule has 0 aliphatic rings. The van der Waals surface area contributed by atoms with Crippen molar-refractivity contribution in [3.8, 4) is 0 Å². The van der Waals surface area contributed by atoms with E-state index in [0.717, 1.165) is 6.07 Å². The van der Waals surface area contributed by atoms with Gasteiger partial charge in [0.25, 0.3) is 11.8 Å². The second-order valence-electron chi connectivity index (χ2n) is 5.14. The largest absolute Gasteiger partial charge is 0.397 e. The van der Waals surface area contributed by atoms with Crippen molar-refractivity contribution < 1.29 is 14.0 Å². The first-order valence-electron chi connectivity index (χ1n) is 7.16. The van der Waals surface area contributed by atoms with Gasteiger partial charge in [0.2, 0.25) is 0 Å². The zero-order chi connectivity index (χ0) is 18.0. The van der Waals surface area contributed by atoms with Crippen LogP contribution in [-0.4, -0.2) is 16.8 Å². The van der Waals surface area contributed by atoms with Gasteiger partial charge in [-0.1, -0.05) is 23.7 Å². The van der Waals surface area contributed by atoms with Crippen LogP contribution in [-0.2, 0) is 0 Å². The van der Waals surface area contributed by atoms with Gasteiger partial charge in [0, 0.05) is 16.6 Å². The molecule has 126 valence electrons. The molecule has 0 aliphatic carbocycles. The van der Waals surface area contributed by atoms with Crippen LogP contribution in [0.3, 0.4) is 0 Å². The maximum atomic E-state index is 13.5. The van der Waals surface area contributed by atoms with Gasteiger partial charge in [0.1, 0.15) is 5.82 Å². The molecule has 0 aliphatic heterocycles. The summed E-state index contributed by atoms with van der Waals surface area (Å²) >= 11 is 5.93. The van der Waals surface area contributed by atoms with Crippen molar-refractivity contribution in [3.05, 3.63) is 70.6 Å². The lowest BCUT2D eigenvalue weighted by molar-refractivity contribution is 0.0844. The smallest absolute Gasteiger partial charge is 0.273 e. The Balaban J connectivity index is 1.80. The molecule has 4 N–H and O–H groups in total.